The minimum atomic E-state index is -3.74. The summed E-state index contributed by atoms with van der Waals surface area (Å²) in [5, 5.41) is 2.64. The molecule has 1 aromatic rings. The van der Waals surface area contributed by atoms with Crippen molar-refractivity contribution in [3.8, 4) is 0 Å². The third-order valence-electron chi connectivity index (χ3n) is 2.42. The molecule has 0 spiro atoms. The van der Waals surface area contributed by atoms with E-state index in [2.05, 4.69) is 5.32 Å². The van der Waals surface area contributed by atoms with Crippen molar-refractivity contribution in [2.24, 2.45) is 0 Å². The van der Waals surface area contributed by atoms with Gasteiger partial charge in [-0.05, 0) is 30.2 Å². The molecule has 6 heteroatoms. The van der Waals surface area contributed by atoms with Crippen molar-refractivity contribution in [3.63, 3.8) is 0 Å². The van der Waals surface area contributed by atoms with Crippen molar-refractivity contribution in [2.45, 2.75) is 18.2 Å². The first-order valence-electron chi connectivity index (χ1n) is 4.26. The van der Waals surface area contributed by atoms with Crippen LogP contribution in [0, 0.1) is 6.92 Å². The fraction of sp³-hybridized carbons (Fsp3) is 0.222. The Morgan fingerprint density at radius 2 is 2.07 bits per heavy atom. The number of rotatable bonds is 1. The summed E-state index contributed by atoms with van der Waals surface area (Å²) in [6, 6.07) is 2.96. The summed E-state index contributed by atoms with van der Waals surface area (Å²) in [4.78, 5) is 11.2. The Bertz CT molecular complexity index is 551. The van der Waals surface area contributed by atoms with Crippen LogP contribution in [0.15, 0.2) is 17.0 Å². The van der Waals surface area contributed by atoms with Crippen LogP contribution in [0.4, 0.5) is 5.69 Å². The molecule has 1 heterocycles. The first-order chi connectivity index (χ1) is 6.89. The Labute approximate surface area is 91.7 Å². The van der Waals surface area contributed by atoms with Gasteiger partial charge < -0.3 is 5.32 Å². The third-order valence-corrected chi connectivity index (χ3v) is 3.89. The van der Waals surface area contributed by atoms with Crippen LogP contribution < -0.4 is 5.32 Å². The predicted molar refractivity (Wildman–Crippen MR) is 56.6 cm³/mol. The number of amides is 1. The molecule has 1 amide bonds. The number of nitrogens with one attached hydrogen (secondary N) is 1. The highest BCUT2D eigenvalue weighted by atomic mass is 35.7. The molecule has 15 heavy (non-hydrogen) atoms. The van der Waals surface area contributed by atoms with Gasteiger partial charge in [0.15, 0.2) is 0 Å². The maximum atomic E-state index is 11.2. The van der Waals surface area contributed by atoms with Gasteiger partial charge in [-0.15, -0.1) is 0 Å². The van der Waals surface area contributed by atoms with E-state index in [1.165, 1.54) is 6.07 Å². The van der Waals surface area contributed by atoms with Gasteiger partial charge in [0.25, 0.3) is 9.05 Å². The van der Waals surface area contributed by atoms with Gasteiger partial charge in [0.05, 0.1) is 11.3 Å². The zero-order chi connectivity index (χ0) is 11.2. The topological polar surface area (TPSA) is 63.2 Å². The van der Waals surface area contributed by atoms with E-state index in [1.807, 2.05) is 0 Å². The second kappa shape index (κ2) is 3.21. The minimum absolute atomic E-state index is 0.0689. The van der Waals surface area contributed by atoms with Gasteiger partial charge in [-0.25, -0.2) is 8.42 Å². The average Bonchev–Trinajstić information content (AvgIpc) is 2.44. The van der Waals surface area contributed by atoms with E-state index in [9.17, 15) is 13.2 Å². The van der Waals surface area contributed by atoms with Crippen molar-refractivity contribution in [2.75, 3.05) is 5.32 Å². The summed E-state index contributed by atoms with van der Waals surface area (Å²) in [7, 11) is 1.53. The normalized spacial score (nSPS) is 14.9. The molecule has 80 valence electrons. The van der Waals surface area contributed by atoms with Crippen LogP contribution >= 0.6 is 10.7 Å². The lowest BCUT2D eigenvalue weighted by molar-refractivity contribution is -0.115. The number of halogens is 1. The Balaban J connectivity index is 2.67. The molecule has 1 N–H and O–H groups in total. The van der Waals surface area contributed by atoms with E-state index < -0.39 is 9.05 Å². The number of fused-ring (bicyclic) bond motifs is 1. The Morgan fingerprint density at radius 3 is 2.67 bits per heavy atom. The van der Waals surface area contributed by atoms with E-state index in [0.29, 0.717) is 16.8 Å². The molecule has 0 atom stereocenters. The number of anilines is 1. The molecular weight excluding hydrogens is 238 g/mol. The fourth-order valence-corrected chi connectivity index (χ4v) is 2.92. The molecule has 0 bridgehead atoms. The summed E-state index contributed by atoms with van der Waals surface area (Å²) in [5.41, 5.74) is 1.92. The van der Waals surface area contributed by atoms with Crippen LogP contribution in [0.25, 0.3) is 0 Å². The minimum Gasteiger partial charge on any atom is -0.326 e. The number of carbonyl (C=O) groups is 1. The summed E-state index contributed by atoms with van der Waals surface area (Å²) < 4.78 is 22.4. The maximum absolute atomic E-state index is 11.2. The van der Waals surface area contributed by atoms with Crippen molar-refractivity contribution in [1.29, 1.82) is 0 Å². The van der Waals surface area contributed by atoms with Crippen molar-refractivity contribution < 1.29 is 13.2 Å². The van der Waals surface area contributed by atoms with Gasteiger partial charge >= 0.3 is 0 Å². The predicted octanol–water partition coefficient (Wildman–Crippen LogP) is 1.42. The largest absolute Gasteiger partial charge is 0.326 e. The Kier molecular flexibility index (Phi) is 2.24. The van der Waals surface area contributed by atoms with Gasteiger partial charge in [0.2, 0.25) is 5.91 Å². The fourth-order valence-electron chi connectivity index (χ4n) is 1.70. The van der Waals surface area contributed by atoms with Crippen molar-refractivity contribution in [1.82, 2.24) is 0 Å². The van der Waals surface area contributed by atoms with Crippen LogP contribution in [0.5, 0.6) is 0 Å². The highest BCUT2D eigenvalue weighted by Gasteiger charge is 2.24. The quantitative estimate of drug-likeness (QED) is 0.761. The van der Waals surface area contributed by atoms with Gasteiger partial charge in [-0.2, -0.15) is 0 Å². The maximum Gasteiger partial charge on any atom is 0.261 e. The molecule has 0 radical (unpaired) electrons. The molecule has 0 aliphatic carbocycles. The Hall–Kier alpha value is -1.07. The third kappa shape index (κ3) is 1.72. The van der Waals surface area contributed by atoms with E-state index in [4.69, 9.17) is 10.7 Å². The number of hydrogen-bond acceptors (Lipinski definition) is 3. The summed E-state index contributed by atoms with van der Waals surface area (Å²) in [6.45, 7) is 1.65. The molecule has 1 aliphatic heterocycles. The molecule has 1 aromatic carbocycles. The molecule has 0 aromatic heterocycles. The van der Waals surface area contributed by atoms with Crippen molar-refractivity contribution >= 4 is 31.3 Å². The van der Waals surface area contributed by atoms with Crippen LogP contribution in [0.1, 0.15) is 11.1 Å². The average molecular weight is 246 g/mol. The second-order valence-electron chi connectivity index (χ2n) is 3.38. The highest BCUT2D eigenvalue weighted by molar-refractivity contribution is 8.13. The molecular formula is C9H8ClNO3S. The summed E-state index contributed by atoms with van der Waals surface area (Å²) >= 11 is 0. The zero-order valence-electron chi connectivity index (χ0n) is 7.87. The zero-order valence-corrected chi connectivity index (χ0v) is 9.45. The Morgan fingerprint density at radius 1 is 1.40 bits per heavy atom. The SMILES string of the molecule is Cc1c(S(=O)(=O)Cl)ccc2c1CC(=O)N2. The number of hydrogen-bond donors (Lipinski definition) is 1. The van der Waals surface area contributed by atoms with Crippen molar-refractivity contribution in [3.05, 3.63) is 23.3 Å². The molecule has 2 rings (SSSR count). The molecule has 4 nitrogen and oxygen atoms in total. The van der Waals surface area contributed by atoms with E-state index in [-0.39, 0.29) is 17.2 Å². The van der Waals surface area contributed by atoms with Gasteiger partial charge in [0.1, 0.15) is 0 Å². The van der Waals surface area contributed by atoms with E-state index >= 15 is 0 Å². The number of carbonyl (C=O) groups excluding carboxylic acids is 1. The summed E-state index contributed by atoms with van der Waals surface area (Å²) in [6.07, 6.45) is 0.210. The molecule has 0 fully saturated rings. The summed E-state index contributed by atoms with van der Waals surface area (Å²) in [5.74, 6) is -0.128. The number of benzene rings is 1. The van der Waals surface area contributed by atoms with Crippen LogP contribution in [0.2, 0.25) is 0 Å². The van der Waals surface area contributed by atoms with Crippen LogP contribution in [-0.2, 0) is 20.3 Å². The first kappa shape index (κ1) is 10.4. The monoisotopic (exact) mass is 245 g/mol. The van der Waals surface area contributed by atoms with E-state index in [1.54, 1.807) is 13.0 Å². The second-order valence-corrected chi connectivity index (χ2v) is 5.91. The van der Waals surface area contributed by atoms with Crippen LogP contribution in [-0.4, -0.2) is 14.3 Å². The van der Waals surface area contributed by atoms with Gasteiger partial charge in [0, 0.05) is 16.4 Å². The first-order valence-corrected chi connectivity index (χ1v) is 6.57. The standard InChI is InChI=1S/C9H8ClNO3S/c1-5-6-4-9(12)11-7(6)2-3-8(5)15(10,13)14/h2-3H,4H2,1H3,(H,11,12). The van der Waals surface area contributed by atoms with E-state index in [0.717, 1.165) is 0 Å². The smallest absolute Gasteiger partial charge is 0.261 e. The van der Waals surface area contributed by atoms with Gasteiger partial charge in [-0.1, -0.05) is 0 Å². The lowest BCUT2D eigenvalue weighted by Gasteiger charge is -2.06. The molecule has 1 aliphatic rings. The lowest BCUT2D eigenvalue weighted by Crippen LogP contribution is -2.03. The van der Waals surface area contributed by atoms with Crippen LogP contribution in [0.3, 0.4) is 0 Å². The molecule has 0 saturated heterocycles. The lowest BCUT2D eigenvalue weighted by atomic mass is 10.1. The molecule has 0 unspecified atom stereocenters. The van der Waals surface area contributed by atoms with Gasteiger partial charge in [-0.3, -0.25) is 4.79 Å². The highest BCUT2D eigenvalue weighted by Crippen LogP contribution is 2.31. The molecule has 0 saturated carbocycles.